The van der Waals surface area contributed by atoms with Crippen LogP contribution in [-0.4, -0.2) is 73.7 Å². The number of carbonyl (C=O) groups is 1. The number of fused-ring (bicyclic) bond motifs is 1. The van der Waals surface area contributed by atoms with Crippen molar-refractivity contribution >= 4 is 17.3 Å². The zero-order valence-corrected chi connectivity index (χ0v) is 21.6. The van der Waals surface area contributed by atoms with Crippen molar-refractivity contribution < 1.29 is 9.53 Å². The molecule has 6 heteroatoms. The molecule has 192 valence electrons. The maximum Gasteiger partial charge on any atom is 0.255 e. The molecular weight excluding hydrogens is 448 g/mol. The highest BCUT2D eigenvalue weighted by Gasteiger charge is 2.43. The van der Waals surface area contributed by atoms with E-state index in [1.54, 1.807) is 0 Å². The Kier molecular flexibility index (Phi) is 7.00. The molecular formula is C30H40N4O2. The number of likely N-dealkylation sites (tertiary alicyclic amines) is 2. The molecule has 36 heavy (non-hydrogen) atoms. The first-order valence-corrected chi connectivity index (χ1v) is 13.9. The summed E-state index contributed by atoms with van der Waals surface area (Å²) in [6.45, 7) is 6.67. The third-order valence-corrected chi connectivity index (χ3v) is 8.99. The molecule has 6 rings (SSSR count). The van der Waals surface area contributed by atoms with Crippen molar-refractivity contribution in [3.05, 3.63) is 59.7 Å². The second-order valence-corrected chi connectivity index (χ2v) is 11.4. The average Bonchev–Trinajstić information content (AvgIpc) is 3.46. The van der Waals surface area contributed by atoms with Gasteiger partial charge in [0.05, 0.1) is 12.7 Å². The van der Waals surface area contributed by atoms with Crippen LogP contribution in [-0.2, 0) is 11.3 Å². The van der Waals surface area contributed by atoms with E-state index in [1.165, 1.54) is 70.4 Å². The van der Waals surface area contributed by atoms with Crippen LogP contribution in [0, 0.1) is 5.92 Å². The van der Waals surface area contributed by atoms with Crippen LogP contribution in [0.25, 0.3) is 0 Å². The topological polar surface area (TPSA) is 48.0 Å². The Morgan fingerprint density at radius 2 is 1.67 bits per heavy atom. The molecule has 2 aromatic carbocycles. The quantitative estimate of drug-likeness (QED) is 0.617. The molecule has 2 aromatic rings. The largest absolute Gasteiger partial charge is 0.374 e. The fraction of sp³-hybridized carbons (Fsp3) is 0.567. The van der Waals surface area contributed by atoms with Gasteiger partial charge in [0.2, 0.25) is 0 Å². The Hall–Kier alpha value is -2.41. The SMILES string of the molecule is CN1CCC(N2C[C@H]3CCN(c4ccc(NC(=O)c5ccc(COC6CCC6)cc5)cc4)[C@H]3C2)CC1. The molecule has 4 fully saturated rings. The van der Waals surface area contributed by atoms with Crippen LogP contribution in [0.4, 0.5) is 11.4 Å². The number of hydrogen-bond acceptors (Lipinski definition) is 5. The third kappa shape index (κ3) is 5.17. The Bertz CT molecular complexity index is 1030. The summed E-state index contributed by atoms with van der Waals surface area (Å²) in [7, 11) is 2.24. The number of benzene rings is 2. The molecule has 0 spiro atoms. The first-order chi connectivity index (χ1) is 17.6. The fourth-order valence-electron chi connectivity index (χ4n) is 6.42. The van der Waals surface area contributed by atoms with E-state index in [9.17, 15) is 4.79 Å². The summed E-state index contributed by atoms with van der Waals surface area (Å²) >= 11 is 0. The monoisotopic (exact) mass is 488 g/mol. The second-order valence-electron chi connectivity index (χ2n) is 11.4. The molecule has 3 aliphatic heterocycles. The van der Waals surface area contributed by atoms with Gasteiger partial charge in [-0.2, -0.15) is 0 Å². The van der Waals surface area contributed by atoms with E-state index in [0.717, 1.165) is 29.8 Å². The molecule has 1 amide bonds. The fourth-order valence-corrected chi connectivity index (χ4v) is 6.42. The van der Waals surface area contributed by atoms with E-state index in [1.807, 2.05) is 36.4 Å². The summed E-state index contributed by atoms with van der Waals surface area (Å²) < 4.78 is 5.87. The van der Waals surface area contributed by atoms with Gasteiger partial charge in [0, 0.05) is 48.7 Å². The van der Waals surface area contributed by atoms with Crippen molar-refractivity contribution in [2.75, 3.05) is 50.0 Å². The highest BCUT2D eigenvalue weighted by atomic mass is 16.5. The molecule has 4 aliphatic rings. The standard InChI is InChI=1S/C30H40N4O2/c1-32-16-14-26(15-17-32)33-19-24-13-18-34(29(24)20-33)27-11-9-25(10-12-27)31-30(35)23-7-5-22(6-8-23)21-36-28-3-2-4-28/h5-12,24,26,28-29H,2-4,13-21H2,1H3,(H,31,35)/t24-,29+/m1/s1. The molecule has 3 heterocycles. The van der Waals surface area contributed by atoms with E-state index in [0.29, 0.717) is 24.3 Å². The van der Waals surface area contributed by atoms with Crippen molar-refractivity contribution in [2.24, 2.45) is 5.92 Å². The van der Waals surface area contributed by atoms with Gasteiger partial charge in [0.25, 0.3) is 5.91 Å². The Labute approximate surface area is 215 Å². The summed E-state index contributed by atoms with van der Waals surface area (Å²) in [5.41, 5.74) is 3.92. The zero-order valence-electron chi connectivity index (χ0n) is 21.6. The summed E-state index contributed by atoms with van der Waals surface area (Å²) in [4.78, 5) is 20.6. The maximum absolute atomic E-state index is 12.8. The van der Waals surface area contributed by atoms with Crippen LogP contribution in [0.3, 0.4) is 0 Å². The van der Waals surface area contributed by atoms with Crippen LogP contribution in [0.1, 0.15) is 54.4 Å². The predicted molar refractivity (Wildman–Crippen MR) is 145 cm³/mol. The zero-order chi connectivity index (χ0) is 24.5. The highest BCUT2D eigenvalue weighted by Crippen LogP contribution is 2.37. The van der Waals surface area contributed by atoms with Crippen LogP contribution in [0.2, 0.25) is 0 Å². The molecule has 0 aromatic heterocycles. The molecule has 0 unspecified atom stereocenters. The van der Waals surface area contributed by atoms with E-state index in [2.05, 4.69) is 39.2 Å². The van der Waals surface area contributed by atoms with Crippen LogP contribution >= 0.6 is 0 Å². The lowest BCUT2D eigenvalue weighted by Gasteiger charge is -2.36. The van der Waals surface area contributed by atoms with Gasteiger partial charge in [-0.1, -0.05) is 12.1 Å². The number of amides is 1. The number of piperidine rings is 1. The van der Waals surface area contributed by atoms with Crippen molar-refractivity contribution in [3.63, 3.8) is 0 Å². The van der Waals surface area contributed by atoms with Crippen molar-refractivity contribution in [1.29, 1.82) is 0 Å². The van der Waals surface area contributed by atoms with Crippen LogP contribution in [0.15, 0.2) is 48.5 Å². The van der Waals surface area contributed by atoms with E-state index in [-0.39, 0.29) is 5.91 Å². The van der Waals surface area contributed by atoms with Gasteiger partial charge in [0.1, 0.15) is 0 Å². The average molecular weight is 489 g/mol. The van der Waals surface area contributed by atoms with Gasteiger partial charge >= 0.3 is 0 Å². The number of hydrogen-bond donors (Lipinski definition) is 1. The highest BCUT2D eigenvalue weighted by molar-refractivity contribution is 6.04. The van der Waals surface area contributed by atoms with Crippen LogP contribution in [0.5, 0.6) is 0 Å². The minimum atomic E-state index is -0.0694. The van der Waals surface area contributed by atoms with E-state index < -0.39 is 0 Å². The van der Waals surface area contributed by atoms with E-state index >= 15 is 0 Å². The van der Waals surface area contributed by atoms with Gasteiger partial charge in [-0.3, -0.25) is 9.69 Å². The van der Waals surface area contributed by atoms with E-state index in [4.69, 9.17) is 4.74 Å². The normalized spacial score (nSPS) is 25.6. The van der Waals surface area contributed by atoms with Gasteiger partial charge in [-0.15, -0.1) is 0 Å². The number of ether oxygens (including phenoxy) is 1. The van der Waals surface area contributed by atoms with Crippen molar-refractivity contribution in [2.45, 2.75) is 63.3 Å². The smallest absolute Gasteiger partial charge is 0.255 e. The minimum absolute atomic E-state index is 0.0694. The minimum Gasteiger partial charge on any atom is -0.374 e. The molecule has 3 saturated heterocycles. The number of carbonyl (C=O) groups excluding carboxylic acids is 1. The second kappa shape index (κ2) is 10.5. The summed E-state index contributed by atoms with van der Waals surface area (Å²) in [5, 5.41) is 3.06. The van der Waals surface area contributed by atoms with Gasteiger partial charge < -0.3 is 19.9 Å². The van der Waals surface area contributed by atoms with Gasteiger partial charge in [-0.05, 0) is 107 Å². The summed E-state index contributed by atoms with van der Waals surface area (Å²) in [5.74, 6) is 0.714. The number of nitrogens with zero attached hydrogens (tertiary/aromatic N) is 3. The van der Waals surface area contributed by atoms with Gasteiger partial charge in [0.15, 0.2) is 0 Å². The van der Waals surface area contributed by atoms with Crippen LogP contribution < -0.4 is 10.2 Å². The summed E-state index contributed by atoms with van der Waals surface area (Å²) in [6, 6.07) is 17.6. The van der Waals surface area contributed by atoms with Crippen molar-refractivity contribution in [1.82, 2.24) is 9.80 Å². The van der Waals surface area contributed by atoms with Crippen molar-refractivity contribution in [3.8, 4) is 0 Å². The lowest BCUT2D eigenvalue weighted by molar-refractivity contribution is -0.00866. The van der Waals surface area contributed by atoms with Gasteiger partial charge in [-0.25, -0.2) is 0 Å². The molecule has 0 radical (unpaired) electrons. The number of anilines is 2. The number of rotatable bonds is 7. The predicted octanol–water partition coefficient (Wildman–Crippen LogP) is 4.61. The molecule has 1 N–H and O–H groups in total. The molecule has 1 saturated carbocycles. The summed E-state index contributed by atoms with van der Waals surface area (Å²) in [6.07, 6.45) is 7.95. The lowest BCUT2D eigenvalue weighted by Crippen LogP contribution is -2.44. The maximum atomic E-state index is 12.8. The lowest BCUT2D eigenvalue weighted by atomic mass is 9.96. The molecule has 6 nitrogen and oxygen atoms in total. The number of nitrogens with one attached hydrogen (secondary N) is 1. The molecule has 2 atom stereocenters. The Morgan fingerprint density at radius 1 is 0.917 bits per heavy atom. The first kappa shape index (κ1) is 24.0. The third-order valence-electron chi connectivity index (χ3n) is 8.99. The Morgan fingerprint density at radius 3 is 2.36 bits per heavy atom. The Balaban J connectivity index is 1.02. The molecule has 0 bridgehead atoms. The molecule has 1 aliphatic carbocycles. The first-order valence-electron chi connectivity index (χ1n) is 13.9.